The zero-order valence-electron chi connectivity index (χ0n) is 11.2. The third-order valence-corrected chi connectivity index (χ3v) is 3.83. The molecule has 0 saturated carbocycles. The van der Waals surface area contributed by atoms with Crippen molar-refractivity contribution in [3.8, 4) is 0 Å². The second-order valence-electron chi connectivity index (χ2n) is 4.74. The second-order valence-corrected chi connectivity index (χ2v) is 4.74. The van der Waals surface area contributed by atoms with E-state index in [0.29, 0.717) is 12.2 Å². The van der Waals surface area contributed by atoms with Crippen molar-refractivity contribution in [2.75, 3.05) is 20.8 Å². The minimum atomic E-state index is -0.714. The van der Waals surface area contributed by atoms with E-state index in [4.69, 9.17) is 9.47 Å². The topological polar surface area (TPSA) is 72.1 Å². The van der Waals surface area contributed by atoms with Gasteiger partial charge in [-0.15, -0.1) is 0 Å². The quantitative estimate of drug-likeness (QED) is 0.857. The van der Waals surface area contributed by atoms with Crippen LogP contribution in [-0.4, -0.2) is 35.9 Å². The summed E-state index contributed by atoms with van der Waals surface area (Å²) < 4.78 is 11.4. The fourth-order valence-corrected chi connectivity index (χ4v) is 2.87. The average molecular weight is 262 g/mol. The van der Waals surface area contributed by atoms with E-state index in [0.717, 1.165) is 30.8 Å². The summed E-state index contributed by atoms with van der Waals surface area (Å²) in [6.07, 6.45) is 6.61. The zero-order chi connectivity index (χ0) is 13.3. The number of rotatable bonds is 3. The van der Waals surface area contributed by atoms with Crippen LogP contribution < -0.4 is 5.32 Å². The Balaban J connectivity index is 2.12. The van der Waals surface area contributed by atoms with E-state index in [-0.39, 0.29) is 0 Å². The molecule has 3 rings (SSSR count). The van der Waals surface area contributed by atoms with Crippen LogP contribution in [0, 0.1) is 0 Å². The largest absolute Gasteiger partial charge is 0.495 e. The van der Waals surface area contributed by atoms with Gasteiger partial charge in [0.15, 0.2) is 17.2 Å². The fourth-order valence-electron chi connectivity index (χ4n) is 2.87. The Bertz CT molecular complexity index is 521. The van der Waals surface area contributed by atoms with Crippen LogP contribution >= 0.6 is 0 Å². The summed E-state index contributed by atoms with van der Waals surface area (Å²) in [7, 11) is 3.34. The van der Waals surface area contributed by atoms with Crippen LogP contribution in [0.2, 0.25) is 0 Å². The summed E-state index contributed by atoms with van der Waals surface area (Å²) in [5, 5.41) is 10.2. The van der Waals surface area contributed by atoms with Crippen molar-refractivity contribution in [1.82, 2.24) is 20.5 Å². The number of fused-ring (bicyclic) bond motifs is 1. The van der Waals surface area contributed by atoms with Gasteiger partial charge in [-0.2, -0.15) is 5.10 Å². The van der Waals surface area contributed by atoms with Crippen molar-refractivity contribution in [3.05, 3.63) is 35.3 Å². The molecule has 6 nitrogen and oxygen atoms in total. The van der Waals surface area contributed by atoms with Gasteiger partial charge in [0.05, 0.1) is 12.8 Å². The van der Waals surface area contributed by atoms with E-state index in [2.05, 4.69) is 26.6 Å². The maximum Gasteiger partial charge on any atom is 0.189 e. The first kappa shape index (κ1) is 12.2. The Morgan fingerprint density at radius 1 is 1.37 bits per heavy atom. The number of methoxy groups -OCH3 is 2. The van der Waals surface area contributed by atoms with Gasteiger partial charge in [0.25, 0.3) is 0 Å². The van der Waals surface area contributed by atoms with Crippen LogP contribution in [-0.2, 0) is 15.1 Å². The maximum absolute atomic E-state index is 5.77. The molecule has 19 heavy (non-hydrogen) atoms. The van der Waals surface area contributed by atoms with Crippen molar-refractivity contribution in [2.45, 2.75) is 24.9 Å². The predicted molar refractivity (Wildman–Crippen MR) is 69.0 cm³/mol. The summed E-state index contributed by atoms with van der Waals surface area (Å²) in [5.74, 6) is 1.45. The first-order valence-electron chi connectivity index (χ1n) is 6.45. The lowest BCUT2D eigenvalue weighted by molar-refractivity contribution is -0.0322. The number of aromatic amines is 1. The van der Waals surface area contributed by atoms with Crippen molar-refractivity contribution >= 4 is 0 Å². The number of ether oxygens (including phenoxy) is 2. The number of hydrogen-bond donors (Lipinski definition) is 2. The highest BCUT2D eigenvalue weighted by Crippen LogP contribution is 2.43. The lowest BCUT2D eigenvalue weighted by atomic mass is 9.84. The van der Waals surface area contributed by atoms with Gasteiger partial charge < -0.3 is 14.8 Å². The molecular formula is C13H18N4O2. The number of H-pyrrole nitrogens is 1. The molecule has 1 aliphatic heterocycles. The average Bonchev–Trinajstić information content (AvgIpc) is 3.00. The molecule has 0 aromatic carbocycles. The zero-order valence-corrected chi connectivity index (χ0v) is 11.2. The van der Waals surface area contributed by atoms with Crippen LogP contribution in [0.4, 0.5) is 0 Å². The molecule has 2 N–H and O–H groups in total. The van der Waals surface area contributed by atoms with Crippen LogP contribution in [0.25, 0.3) is 0 Å². The van der Waals surface area contributed by atoms with E-state index < -0.39 is 5.60 Å². The molecule has 0 spiro atoms. The second kappa shape index (κ2) is 4.70. The van der Waals surface area contributed by atoms with Gasteiger partial charge in [0.2, 0.25) is 0 Å². The minimum Gasteiger partial charge on any atom is -0.495 e. The normalized spacial score (nSPS) is 26.5. The molecule has 0 amide bonds. The molecular weight excluding hydrogens is 244 g/mol. The standard InChI is InChI=1S/C13H18N4O2/c1-18-11-10-9(4-3-7-14-10)5-6-13(11,19-2)12-15-8-16-17-12/h5,8,14H,3-4,6-7H2,1-2H3,(H,15,16,17). The van der Waals surface area contributed by atoms with Gasteiger partial charge >= 0.3 is 0 Å². The van der Waals surface area contributed by atoms with Crippen LogP contribution in [0.3, 0.4) is 0 Å². The molecule has 1 fully saturated rings. The summed E-state index contributed by atoms with van der Waals surface area (Å²) in [4.78, 5) is 4.26. The molecule has 1 aromatic rings. The molecule has 1 aromatic heterocycles. The predicted octanol–water partition coefficient (Wildman–Crippen LogP) is 1.22. The third kappa shape index (κ3) is 1.74. The van der Waals surface area contributed by atoms with E-state index in [1.807, 2.05) is 0 Å². The van der Waals surface area contributed by atoms with E-state index >= 15 is 0 Å². The third-order valence-electron chi connectivity index (χ3n) is 3.83. The minimum absolute atomic E-state index is 0.669. The SMILES string of the molecule is COC1=C2NCCCC2=CCC1(OC)c1ncn[nH]1. The number of nitrogens with one attached hydrogen (secondary N) is 2. The number of hydrogen-bond acceptors (Lipinski definition) is 5. The molecule has 1 saturated heterocycles. The fraction of sp³-hybridized carbons (Fsp3) is 0.538. The van der Waals surface area contributed by atoms with Crippen molar-refractivity contribution in [1.29, 1.82) is 0 Å². The smallest absolute Gasteiger partial charge is 0.189 e. The van der Waals surface area contributed by atoms with E-state index in [1.165, 1.54) is 11.9 Å². The molecule has 6 heteroatoms. The van der Waals surface area contributed by atoms with Crippen molar-refractivity contribution in [2.24, 2.45) is 0 Å². The Morgan fingerprint density at radius 3 is 2.95 bits per heavy atom. The van der Waals surface area contributed by atoms with Crippen molar-refractivity contribution < 1.29 is 9.47 Å². The molecule has 2 heterocycles. The van der Waals surface area contributed by atoms with Gasteiger partial charge in [0, 0.05) is 20.1 Å². The Morgan fingerprint density at radius 2 is 2.26 bits per heavy atom. The maximum atomic E-state index is 5.77. The van der Waals surface area contributed by atoms with Crippen LogP contribution in [0.1, 0.15) is 25.1 Å². The number of allylic oxidation sites excluding steroid dienone is 1. The number of piperidine rings is 1. The van der Waals surface area contributed by atoms with E-state index in [1.54, 1.807) is 14.2 Å². The summed E-state index contributed by atoms with van der Waals surface area (Å²) in [5.41, 5.74) is 1.63. The molecule has 1 aliphatic carbocycles. The first-order valence-corrected chi connectivity index (χ1v) is 6.45. The van der Waals surface area contributed by atoms with Gasteiger partial charge in [-0.05, 0) is 18.4 Å². The molecule has 0 bridgehead atoms. The van der Waals surface area contributed by atoms with Gasteiger partial charge in [-0.1, -0.05) is 6.08 Å². The molecule has 1 unspecified atom stereocenters. The highest BCUT2D eigenvalue weighted by atomic mass is 16.5. The summed E-state index contributed by atoms with van der Waals surface area (Å²) in [6, 6.07) is 0. The van der Waals surface area contributed by atoms with Gasteiger partial charge in [0.1, 0.15) is 6.33 Å². The van der Waals surface area contributed by atoms with Crippen LogP contribution in [0.5, 0.6) is 0 Å². The van der Waals surface area contributed by atoms with Gasteiger partial charge in [-0.3, -0.25) is 5.10 Å². The summed E-state index contributed by atoms with van der Waals surface area (Å²) in [6.45, 7) is 0.954. The molecule has 102 valence electrons. The number of aromatic nitrogens is 3. The Labute approximate surface area is 111 Å². The van der Waals surface area contributed by atoms with Crippen molar-refractivity contribution in [3.63, 3.8) is 0 Å². The molecule has 2 aliphatic rings. The lowest BCUT2D eigenvalue weighted by Gasteiger charge is -2.37. The van der Waals surface area contributed by atoms with E-state index in [9.17, 15) is 0 Å². The number of nitrogens with zero attached hydrogens (tertiary/aromatic N) is 2. The molecule has 1 atom stereocenters. The highest BCUT2D eigenvalue weighted by Gasteiger charge is 2.45. The first-order chi connectivity index (χ1) is 9.31. The van der Waals surface area contributed by atoms with Crippen LogP contribution in [0.15, 0.2) is 29.4 Å². The van der Waals surface area contributed by atoms with Gasteiger partial charge in [-0.25, -0.2) is 4.98 Å². The monoisotopic (exact) mass is 262 g/mol. The summed E-state index contributed by atoms with van der Waals surface area (Å²) >= 11 is 0. The highest BCUT2D eigenvalue weighted by molar-refractivity contribution is 5.43. The lowest BCUT2D eigenvalue weighted by Crippen LogP contribution is -2.40. The Kier molecular flexibility index (Phi) is 3.02. The molecule has 0 radical (unpaired) electrons. The Hall–Kier alpha value is -1.82.